The van der Waals surface area contributed by atoms with Gasteiger partial charge in [0.2, 0.25) is 15.9 Å². The summed E-state index contributed by atoms with van der Waals surface area (Å²) >= 11 is 0. The van der Waals surface area contributed by atoms with Crippen LogP contribution < -0.4 is 19.3 Å². The van der Waals surface area contributed by atoms with Crippen LogP contribution in [-0.4, -0.2) is 47.3 Å². The van der Waals surface area contributed by atoms with E-state index in [9.17, 15) is 13.2 Å². The highest BCUT2D eigenvalue weighted by molar-refractivity contribution is 7.92. The standard InChI is InChI=1S/C22H29N3O4S/c1-29-21-9-4-3-8-20(21)25(30(2,27)28)17-7-10-22(26)23-18-11-13-19(14-12-18)24-15-5-6-16-24/h3-4,8-9,11-14H,5-7,10,15-17H2,1-2H3,(H,23,26). The third kappa shape index (κ3) is 5.66. The Kier molecular flexibility index (Phi) is 7.20. The van der Waals surface area contributed by atoms with Crippen molar-refractivity contribution in [3.8, 4) is 5.75 Å². The van der Waals surface area contributed by atoms with Gasteiger partial charge in [-0.2, -0.15) is 0 Å². The van der Waals surface area contributed by atoms with Gasteiger partial charge in [-0.25, -0.2) is 8.42 Å². The van der Waals surface area contributed by atoms with E-state index in [0.717, 1.165) is 25.0 Å². The van der Waals surface area contributed by atoms with Gasteiger partial charge in [-0.1, -0.05) is 12.1 Å². The number of anilines is 3. The molecule has 1 heterocycles. The molecule has 1 amide bonds. The van der Waals surface area contributed by atoms with Crippen LogP contribution >= 0.6 is 0 Å². The van der Waals surface area contributed by atoms with Crippen molar-refractivity contribution in [2.75, 3.05) is 47.5 Å². The molecule has 1 N–H and O–H groups in total. The monoisotopic (exact) mass is 431 g/mol. The molecular formula is C22H29N3O4S. The zero-order chi connectivity index (χ0) is 21.6. The summed E-state index contributed by atoms with van der Waals surface area (Å²) < 4.78 is 31.1. The summed E-state index contributed by atoms with van der Waals surface area (Å²) in [5, 5.41) is 2.88. The number of hydrogen-bond acceptors (Lipinski definition) is 5. The quantitative estimate of drug-likeness (QED) is 0.658. The summed E-state index contributed by atoms with van der Waals surface area (Å²) in [6.45, 7) is 2.35. The predicted molar refractivity (Wildman–Crippen MR) is 121 cm³/mol. The zero-order valence-corrected chi connectivity index (χ0v) is 18.3. The van der Waals surface area contributed by atoms with E-state index in [1.807, 2.05) is 24.3 Å². The molecule has 0 radical (unpaired) electrons. The van der Waals surface area contributed by atoms with Crippen molar-refractivity contribution < 1.29 is 17.9 Å². The van der Waals surface area contributed by atoms with Gasteiger partial charge >= 0.3 is 0 Å². The molecule has 1 aliphatic heterocycles. The fourth-order valence-corrected chi connectivity index (χ4v) is 4.61. The SMILES string of the molecule is COc1ccccc1N(CCCC(=O)Nc1ccc(N2CCCC2)cc1)S(C)(=O)=O. The number of benzene rings is 2. The van der Waals surface area contributed by atoms with Gasteiger partial charge in [0.25, 0.3) is 0 Å². The maximum absolute atomic E-state index is 12.3. The van der Waals surface area contributed by atoms with Crippen molar-refractivity contribution in [1.82, 2.24) is 0 Å². The van der Waals surface area contributed by atoms with E-state index in [1.54, 1.807) is 24.3 Å². The summed E-state index contributed by atoms with van der Waals surface area (Å²) in [4.78, 5) is 14.7. The van der Waals surface area contributed by atoms with E-state index in [-0.39, 0.29) is 18.9 Å². The first-order chi connectivity index (χ1) is 14.4. The van der Waals surface area contributed by atoms with Crippen LogP contribution in [0.15, 0.2) is 48.5 Å². The number of para-hydroxylation sites is 2. The van der Waals surface area contributed by atoms with Crippen molar-refractivity contribution in [3.63, 3.8) is 0 Å². The van der Waals surface area contributed by atoms with E-state index in [2.05, 4.69) is 10.2 Å². The average molecular weight is 432 g/mol. The normalized spacial score (nSPS) is 13.9. The second-order valence-corrected chi connectivity index (χ2v) is 9.31. The molecule has 30 heavy (non-hydrogen) atoms. The molecule has 1 saturated heterocycles. The second-order valence-electron chi connectivity index (χ2n) is 7.40. The van der Waals surface area contributed by atoms with Gasteiger partial charge in [0.05, 0.1) is 19.1 Å². The number of sulfonamides is 1. The Balaban J connectivity index is 1.55. The van der Waals surface area contributed by atoms with Gasteiger partial charge < -0.3 is 15.0 Å². The summed E-state index contributed by atoms with van der Waals surface area (Å²) in [6.07, 6.45) is 4.20. The van der Waals surface area contributed by atoms with Gasteiger partial charge in [0.15, 0.2) is 0 Å². The third-order valence-corrected chi connectivity index (χ3v) is 6.32. The first-order valence-electron chi connectivity index (χ1n) is 10.1. The topological polar surface area (TPSA) is 79.0 Å². The highest BCUT2D eigenvalue weighted by Crippen LogP contribution is 2.29. The Morgan fingerprint density at radius 3 is 2.40 bits per heavy atom. The Morgan fingerprint density at radius 2 is 1.77 bits per heavy atom. The van der Waals surface area contributed by atoms with E-state index < -0.39 is 10.0 Å². The molecule has 0 aromatic heterocycles. The van der Waals surface area contributed by atoms with Crippen molar-refractivity contribution in [3.05, 3.63) is 48.5 Å². The van der Waals surface area contributed by atoms with E-state index in [4.69, 9.17) is 4.74 Å². The molecule has 8 heteroatoms. The number of carbonyl (C=O) groups is 1. The lowest BCUT2D eigenvalue weighted by Gasteiger charge is -2.24. The maximum atomic E-state index is 12.3. The lowest BCUT2D eigenvalue weighted by molar-refractivity contribution is -0.116. The van der Waals surface area contributed by atoms with Crippen LogP contribution in [0, 0.1) is 0 Å². The number of amides is 1. The fraction of sp³-hybridized carbons (Fsp3) is 0.409. The zero-order valence-electron chi connectivity index (χ0n) is 17.5. The van der Waals surface area contributed by atoms with Crippen LogP contribution in [-0.2, 0) is 14.8 Å². The van der Waals surface area contributed by atoms with E-state index in [1.165, 1.54) is 29.9 Å². The van der Waals surface area contributed by atoms with Gasteiger partial charge in [-0.3, -0.25) is 9.10 Å². The molecule has 2 aromatic rings. The minimum absolute atomic E-state index is 0.141. The van der Waals surface area contributed by atoms with Crippen molar-refractivity contribution in [2.24, 2.45) is 0 Å². The molecule has 7 nitrogen and oxygen atoms in total. The number of carbonyl (C=O) groups excluding carboxylic acids is 1. The van der Waals surface area contributed by atoms with Crippen LogP contribution in [0.5, 0.6) is 5.75 Å². The third-order valence-electron chi connectivity index (χ3n) is 5.14. The molecule has 1 aliphatic rings. The molecule has 2 aromatic carbocycles. The number of rotatable bonds is 9. The summed E-state index contributed by atoms with van der Waals surface area (Å²) in [5.74, 6) is 0.336. The minimum Gasteiger partial charge on any atom is -0.495 e. The summed E-state index contributed by atoms with van der Waals surface area (Å²) in [5.41, 5.74) is 2.39. The van der Waals surface area contributed by atoms with Crippen LogP contribution in [0.4, 0.5) is 17.1 Å². The Bertz CT molecular complexity index is 955. The van der Waals surface area contributed by atoms with Gasteiger partial charge in [0.1, 0.15) is 5.75 Å². The first kappa shape index (κ1) is 22.0. The summed E-state index contributed by atoms with van der Waals surface area (Å²) in [7, 11) is -2.00. The van der Waals surface area contributed by atoms with Gasteiger partial charge in [-0.15, -0.1) is 0 Å². The van der Waals surface area contributed by atoms with Crippen LogP contribution in [0.25, 0.3) is 0 Å². The number of ether oxygens (including phenoxy) is 1. The first-order valence-corrected chi connectivity index (χ1v) is 12.0. The van der Waals surface area contributed by atoms with Gasteiger partial charge in [0, 0.05) is 37.4 Å². The highest BCUT2D eigenvalue weighted by Gasteiger charge is 2.21. The lowest BCUT2D eigenvalue weighted by atomic mass is 10.2. The smallest absolute Gasteiger partial charge is 0.232 e. The number of methoxy groups -OCH3 is 1. The van der Waals surface area contributed by atoms with Crippen LogP contribution in [0.3, 0.4) is 0 Å². The molecule has 0 atom stereocenters. The fourth-order valence-electron chi connectivity index (χ4n) is 3.64. The molecule has 1 fully saturated rings. The molecule has 3 rings (SSSR count). The average Bonchev–Trinajstić information content (AvgIpc) is 3.26. The van der Waals surface area contributed by atoms with E-state index >= 15 is 0 Å². The Labute approximate surface area is 178 Å². The predicted octanol–water partition coefficient (Wildman–Crippen LogP) is 3.48. The Morgan fingerprint density at radius 1 is 1.10 bits per heavy atom. The minimum atomic E-state index is -3.50. The molecule has 162 valence electrons. The molecule has 0 spiro atoms. The molecular weight excluding hydrogens is 402 g/mol. The van der Waals surface area contributed by atoms with Crippen LogP contribution in [0.1, 0.15) is 25.7 Å². The summed E-state index contributed by atoms with van der Waals surface area (Å²) in [6, 6.07) is 14.8. The van der Waals surface area contributed by atoms with Crippen molar-refractivity contribution >= 4 is 33.0 Å². The van der Waals surface area contributed by atoms with Crippen molar-refractivity contribution in [1.29, 1.82) is 0 Å². The van der Waals surface area contributed by atoms with E-state index in [0.29, 0.717) is 17.9 Å². The largest absolute Gasteiger partial charge is 0.495 e. The van der Waals surface area contributed by atoms with Crippen LogP contribution in [0.2, 0.25) is 0 Å². The maximum Gasteiger partial charge on any atom is 0.232 e. The number of nitrogens with zero attached hydrogens (tertiary/aromatic N) is 2. The van der Waals surface area contributed by atoms with Crippen molar-refractivity contribution in [2.45, 2.75) is 25.7 Å². The molecule has 0 unspecified atom stereocenters. The second kappa shape index (κ2) is 9.84. The number of nitrogens with one attached hydrogen (secondary N) is 1. The number of hydrogen-bond donors (Lipinski definition) is 1. The molecule has 0 bridgehead atoms. The van der Waals surface area contributed by atoms with Gasteiger partial charge in [-0.05, 0) is 55.7 Å². The highest BCUT2D eigenvalue weighted by atomic mass is 32.2. The molecule has 0 aliphatic carbocycles. The lowest BCUT2D eigenvalue weighted by Crippen LogP contribution is -2.31. The molecule has 0 saturated carbocycles. The Hall–Kier alpha value is -2.74.